The summed E-state index contributed by atoms with van der Waals surface area (Å²) in [4.78, 5) is 44.3. The zero-order chi connectivity index (χ0) is 41.5. The Labute approximate surface area is 321 Å². The highest BCUT2D eigenvalue weighted by Crippen LogP contribution is 2.31. The number of urea groups is 1. The molecule has 6 aromatic rings. The van der Waals surface area contributed by atoms with Crippen LogP contribution in [0, 0.1) is 13.8 Å². The van der Waals surface area contributed by atoms with E-state index in [9.17, 15) is 40.7 Å². The molecule has 0 bridgehead atoms. The molecule has 0 radical (unpaired) electrons. The Kier molecular flexibility index (Phi) is 12.9. The second kappa shape index (κ2) is 17.6. The van der Waals surface area contributed by atoms with Crippen LogP contribution in [-0.2, 0) is 38.5 Å². The number of nitrogens with zero attached hydrogens (tertiary/aromatic N) is 4. The lowest BCUT2D eigenvalue weighted by Gasteiger charge is -2.14. The Morgan fingerprint density at radius 3 is 1.51 bits per heavy atom. The molecule has 0 aliphatic carbocycles. The summed E-state index contributed by atoms with van der Waals surface area (Å²) in [6, 6.07) is 20.0. The van der Waals surface area contributed by atoms with Crippen LogP contribution in [0.1, 0.15) is 33.6 Å². The van der Waals surface area contributed by atoms with Crippen molar-refractivity contribution in [3.05, 3.63) is 139 Å². The fourth-order valence-corrected chi connectivity index (χ4v) is 5.94. The van der Waals surface area contributed by atoms with Crippen LogP contribution >= 0.6 is 0 Å². The zero-order valence-electron chi connectivity index (χ0n) is 30.8. The molecule has 0 saturated carbocycles. The first kappa shape index (κ1) is 41.7. The number of halogens is 6. The molecule has 12 nitrogen and oxygen atoms in total. The number of fused-ring (bicyclic) bond motifs is 2. The molecule has 0 saturated heterocycles. The van der Waals surface area contributed by atoms with Crippen molar-refractivity contribution < 1.29 is 31.1 Å². The van der Waals surface area contributed by atoms with Crippen molar-refractivity contribution in [2.75, 3.05) is 23.7 Å². The Hall–Kier alpha value is -6.43. The molecule has 0 aliphatic heterocycles. The van der Waals surface area contributed by atoms with Gasteiger partial charge < -0.3 is 36.6 Å². The SMILES string of the molecule is Cc1nc2ccc(NCc3cccc(C(F)(F)F)c3)cc2n(CCN)c1=O.Cc1nc2ccc(NCc3cccc(C(F)(F)F)c3)cc2n(CCNC(N)=O)c1=O. The van der Waals surface area contributed by atoms with Crippen molar-refractivity contribution in [3.63, 3.8) is 0 Å². The molecule has 2 aromatic heterocycles. The normalized spacial score (nSPS) is 11.6. The lowest BCUT2D eigenvalue weighted by atomic mass is 10.1. The van der Waals surface area contributed by atoms with E-state index in [1.165, 1.54) is 16.7 Å². The Morgan fingerprint density at radius 1 is 0.667 bits per heavy atom. The van der Waals surface area contributed by atoms with Crippen molar-refractivity contribution in [2.45, 2.75) is 52.4 Å². The second-order valence-corrected chi connectivity index (χ2v) is 12.9. The van der Waals surface area contributed by atoms with Crippen molar-refractivity contribution >= 4 is 39.5 Å². The number of aromatic nitrogens is 4. The fraction of sp³-hybridized carbons (Fsp3) is 0.256. The molecule has 0 spiro atoms. The summed E-state index contributed by atoms with van der Waals surface area (Å²) >= 11 is 0. The van der Waals surface area contributed by atoms with E-state index in [-0.39, 0.29) is 37.3 Å². The van der Waals surface area contributed by atoms with Crippen LogP contribution in [0.3, 0.4) is 0 Å². The number of aryl methyl sites for hydroxylation is 2. The number of anilines is 2. The van der Waals surface area contributed by atoms with E-state index in [1.807, 2.05) is 0 Å². The monoisotopic (exact) mass is 795 g/mol. The van der Waals surface area contributed by atoms with E-state index >= 15 is 0 Å². The third kappa shape index (κ3) is 10.7. The minimum atomic E-state index is -4.41. The van der Waals surface area contributed by atoms with Crippen molar-refractivity contribution in [1.29, 1.82) is 0 Å². The van der Waals surface area contributed by atoms with Gasteiger partial charge in [0.05, 0.1) is 33.2 Å². The van der Waals surface area contributed by atoms with Gasteiger partial charge in [-0.3, -0.25) is 9.59 Å². The van der Waals surface area contributed by atoms with E-state index in [4.69, 9.17) is 11.5 Å². The second-order valence-electron chi connectivity index (χ2n) is 12.9. The van der Waals surface area contributed by atoms with Gasteiger partial charge in [0, 0.05) is 50.6 Å². The Bertz CT molecular complexity index is 2520. The summed E-state index contributed by atoms with van der Waals surface area (Å²) in [6.45, 7) is 4.65. The van der Waals surface area contributed by atoms with E-state index in [0.29, 0.717) is 69.0 Å². The molecule has 18 heteroatoms. The lowest BCUT2D eigenvalue weighted by molar-refractivity contribution is -0.138. The molecule has 7 N–H and O–H groups in total. The van der Waals surface area contributed by atoms with Crippen molar-refractivity contribution in [1.82, 2.24) is 24.4 Å². The molecule has 0 fully saturated rings. The smallest absolute Gasteiger partial charge is 0.381 e. The lowest BCUT2D eigenvalue weighted by Crippen LogP contribution is -2.35. The van der Waals surface area contributed by atoms with Crippen molar-refractivity contribution in [3.8, 4) is 0 Å². The predicted molar refractivity (Wildman–Crippen MR) is 206 cm³/mol. The predicted octanol–water partition coefficient (Wildman–Crippen LogP) is 6.30. The van der Waals surface area contributed by atoms with Crippen LogP contribution in [0.2, 0.25) is 0 Å². The summed E-state index contributed by atoms with van der Waals surface area (Å²) < 4.78 is 80.1. The van der Waals surface area contributed by atoms with Gasteiger partial charge in [-0.05, 0) is 85.6 Å². The highest BCUT2D eigenvalue weighted by Gasteiger charge is 2.31. The third-order valence-corrected chi connectivity index (χ3v) is 8.71. The minimum absolute atomic E-state index is 0.162. The number of rotatable bonds is 11. The van der Waals surface area contributed by atoms with Gasteiger partial charge in [-0.15, -0.1) is 0 Å². The molecule has 0 aliphatic rings. The molecule has 2 heterocycles. The average Bonchev–Trinajstić information content (AvgIpc) is 3.16. The number of alkyl halides is 6. The maximum atomic E-state index is 12.9. The number of carbonyl (C=O) groups excluding carboxylic acids is 1. The molecule has 300 valence electrons. The highest BCUT2D eigenvalue weighted by atomic mass is 19.4. The molecular formula is C39H39F6N9O3. The van der Waals surface area contributed by atoms with Gasteiger partial charge in [0.1, 0.15) is 11.4 Å². The summed E-state index contributed by atoms with van der Waals surface area (Å²) in [5.74, 6) is 0. The number of nitrogens with one attached hydrogen (secondary N) is 3. The first-order valence-corrected chi connectivity index (χ1v) is 17.5. The summed E-state index contributed by atoms with van der Waals surface area (Å²) in [5, 5.41) is 8.60. The summed E-state index contributed by atoms with van der Waals surface area (Å²) in [7, 11) is 0. The van der Waals surface area contributed by atoms with Gasteiger partial charge in [-0.1, -0.05) is 24.3 Å². The maximum absolute atomic E-state index is 12.9. The average molecular weight is 796 g/mol. The van der Waals surface area contributed by atoms with Crippen LogP contribution in [0.25, 0.3) is 22.1 Å². The molecule has 4 aromatic carbocycles. The van der Waals surface area contributed by atoms with Crippen LogP contribution in [0.5, 0.6) is 0 Å². The molecular weight excluding hydrogens is 756 g/mol. The number of benzene rings is 4. The summed E-state index contributed by atoms with van der Waals surface area (Å²) in [5.41, 5.74) is 14.1. The zero-order valence-corrected chi connectivity index (χ0v) is 30.8. The van der Waals surface area contributed by atoms with Gasteiger partial charge in [0.15, 0.2) is 0 Å². The third-order valence-electron chi connectivity index (χ3n) is 8.71. The van der Waals surface area contributed by atoms with Crippen LogP contribution in [0.4, 0.5) is 42.5 Å². The van der Waals surface area contributed by atoms with Gasteiger partial charge in [0.2, 0.25) is 0 Å². The molecule has 57 heavy (non-hydrogen) atoms. The molecule has 0 atom stereocenters. The first-order chi connectivity index (χ1) is 26.9. The summed E-state index contributed by atoms with van der Waals surface area (Å²) in [6.07, 6.45) is -8.78. The number of nitrogens with two attached hydrogens (primary N) is 2. The van der Waals surface area contributed by atoms with E-state index in [0.717, 1.165) is 24.3 Å². The number of carbonyl (C=O) groups is 1. The van der Waals surface area contributed by atoms with Gasteiger partial charge in [0.25, 0.3) is 11.1 Å². The molecule has 2 amide bonds. The topological polar surface area (TPSA) is 175 Å². The van der Waals surface area contributed by atoms with Crippen LogP contribution in [0.15, 0.2) is 94.5 Å². The first-order valence-electron chi connectivity index (χ1n) is 17.5. The maximum Gasteiger partial charge on any atom is 0.416 e. The molecule has 6 rings (SSSR count). The number of primary amides is 1. The largest absolute Gasteiger partial charge is 0.416 e. The van der Waals surface area contributed by atoms with E-state index in [1.54, 1.807) is 66.9 Å². The van der Waals surface area contributed by atoms with E-state index < -0.39 is 29.5 Å². The van der Waals surface area contributed by atoms with E-state index in [2.05, 4.69) is 25.9 Å². The Morgan fingerprint density at radius 2 is 1.11 bits per heavy atom. The number of amides is 2. The van der Waals surface area contributed by atoms with Gasteiger partial charge >= 0.3 is 18.4 Å². The van der Waals surface area contributed by atoms with Gasteiger partial charge in [-0.25, -0.2) is 14.8 Å². The van der Waals surface area contributed by atoms with Crippen LogP contribution in [-0.4, -0.2) is 38.2 Å². The fourth-order valence-electron chi connectivity index (χ4n) is 5.94. The van der Waals surface area contributed by atoms with Crippen molar-refractivity contribution in [2.24, 2.45) is 11.5 Å². The Balaban J connectivity index is 0.000000219. The van der Waals surface area contributed by atoms with Gasteiger partial charge in [-0.2, -0.15) is 26.3 Å². The molecule has 0 unspecified atom stereocenters. The quantitative estimate of drug-likeness (QED) is 0.0951. The number of hydrogen-bond acceptors (Lipinski definition) is 8. The number of hydrogen-bond donors (Lipinski definition) is 5. The standard InChI is InChI=1S/C20H20F3N5O2.C19H19F3N4O/c1-12-18(29)28(8-7-25-19(24)30)17-10-15(5-6-16(17)27-12)26-11-13-3-2-4-14(9-13)20(21,22)23;1-12-18(27)26(8-7-23)17-10-15(5-6-16(17)25-12)24-11-13-3-2-4-14(9-13)19(20,21)22/h2-6,9-10,26H,7-8,11H2,1H3,(H3,24,25,30);2-6,9-10,24H,7-8,11,23H2,1H3. The minimum Gasteiger partial charge on any atom is -0.381 e. The van der Waals surface area contributed by atoms with Crippen LogP contribution < -0.4 is 38.5 Å². The highest BCUT2D eigenvalue weighted by molar-refractivity contribution is 5.80.